The van der Waals surface area contributed by atoms with E-state index < -0.39 is 0 Å². The number of furan rings is 1. The van der Waals surface area contributed by atoms with E-state index >= 15 is 0 Å². The number of aliphatic hydroxyl groups excluding tert-OH is 1. The maximum Gasteiger partial charge on any atom is 0.169 e. The van der Waals surface area contributed by atoms with Crippen LogP contribution in [-0.4, -0.2) is 17.8 Å². The van der Waals surface area contributed by atoms with Gasteiger partial charge in [-0.1, -0.05) is 13.8 Å². The lowest BCUT2D eigenvalue weighted by molar-refractivity contribution is 0.220. The van der Waals surface area contributed by atoms with Crippen LogP contribution in [0.1, 0.15) is 26.0 Å². The molecule has 0 bridgehead atoms. The molecule has 0 saturated heterocycles. The number of hydrogen-bond donors (Lipinski definition) is 2. The molecule has 0 fully saturated rings. The van der Waals surface area contributed by atoms with Crippen molar-refractivity contribution in [2.24, 2.45) is 5.92 Å². The lowest BCUT2D eigenvalue weighted by Gasteiger charge is -2.17. The Hall–Kier alpha value is -0.320. The van der Waals surface area contributed by atoms with Crippen LogP contribution in [0.3, 0.4) is 0 Å². The summed E-state index contributed by atoms with van der Waals surface area (Å²) >= 11 is 3.25. The minimum atomic E-state index is 0.147. The van der Waals surface area contributed by atoms with Gasteiger partial charge >= 0.3 is 0 Å². The van der Waals surface area contributed by atoms with Gasteiger partial charge in [-0.25, -0.2) is 0 Å². The van der Waals surface area contributed by atoms with Crippen molar-refractivity contribution < 1.29 is 9.52 Å². The van der Waals surface area contributed by atoms with Gasteiger partial charge in [-0.05, 0) is 40.4 Å². The highest BCUT2D eigenvalue weighted by Crippen LogP contribution is 2.14. The molecule has 0 radical (unpaired) electrons. The lowest BCUT2D eigenvalue weighted by atomic mass is 10.0. The number of nitrogens with one attached hydrogen (secondary N) is 1. The molecule has 86 valence electrons. The van der Waals surface area contributed by atoms with E-state index in [-0.39, 0.29) is 12.6 Å². The molecule has 1 aromatic heterocycles. The second-order valence-corrected chi connectivity index (χ2v) is 4.88. The summed E-state index contributed by atoms with van der Waals surface area (Å²) in [5.41, 5.74) is 0. The Kier molecular flexibility index (Phi) is 5.36. The molecule has 15 heavy (non-hydrogen) atoms. The number of hydrogen-bond acceptors (Lipinski definition) is 3. The van der Waals surface area contributed by atoms with Crippen molar-refractivity contribution >= 4 is 15.9 Å². The third-order valence-corrected chi connectivity index (χ3v) is 2.60. The molecule has 0 aliphatic heterocycles. The average Bonchev–Trinajstić information content (AvgIpc) is 2.58. The summed E-state index contributed by atoms with van der Waals surface area (Å²) in [5, 5.41) is 12.4. The van der Waals surface area contributed by atoms with Gasteiger partial charge in [0, 0.05) is 6.04 Å². The van der Waals surface area contributed by atoms with Crippen molar-refractivity contribution in [1.29, 1.82) is 0 Å². The predicted molar refractivity (Wildman–Crippen MR) is 63.6 cm³/mol. The van der Waals surface area contributed by atoms with Gasteiger partial charge in [0.1, 0.15) is 5.76 Å². The van der Waals surface area contributed by atoms with Crippen molar-refractivity contribution in [1.82, 2.24) is 5.32 Å². The van der Waals surface area contributed by atoms with E-state index in [0.717, 1.165) is 16.9 Å². The van der Waals surface area contributed by atoms with Crippen LogP contribution < -0.4 is 5.32 Å². The monoisotopic (exact) mass is 275 g/mol. The van der Waals surface area contributed by atoms with Crippen LogP contribution >= 0.6 is 15.9 Å². The third-order valence-electron chi connectivity index (χ3n) is 2.17. The summed E-state index contributed by atoms with van der Waals surface area (Å²) in [6, 6.07) is 3.93. The molecule has 0 saturated carbocycles. The number of halogens is 1. The zero-order valence-electron chi connectivity index (χ0n) is 9.16. The second-order valence-electron chi connectivity index (χ2n) is 4.10. The topological polar surface area (TPSA) is 45.4 Å². The Labute approximate surface area is 99.0 Å². The fourth-order valence-electron chi connectivity index (χ4n) is 1.48. The van der Waals surface area contributed by atoms with Crippen LogP contribution in [0.25, 0.3) is 0 Å². The lowest BCUT2D eigenvalue weighted by Crippen LogP contribution is -2.33. The molecule has 1 unspecified atom stereocenters. The number of aliphatic hydroxyl groups is 1. The fourth-order valence-corrected chi connectivity index (χ4v) is 1.82. The molecular weight excluding hydrogens is 258 g/mol. The van der Waals surface area contributed by atoms with Crippen molar-refractivity contribution in [3.05, 3.63) is 22.6 Å². The van der Waals surface area contributed by atoms with E-state index in [1.54, 1.807) is 0 Å². The molecule has 4 heteroatoms. The summed E-state index contributed by atoms with van der Waals surface area (Å²) in [4.78, 5) is 0. The zero-order valence-corrected chi connectivity index (χ0v) is 10.8. The van der Waals surface area contributed by atoms with E-state index in [1.165, 1.54) is 0 Å². The highest BCUT2D eigenvalue weighted by Gasteiger charge is 2.09. The summed E-state index contributed by atoms with van der Waals surface area (Å²) in [6.45, 7) is 5.12. The van der Waals surface area contributed by atoms with Crippen molar-refractivity contribution in [3.8, 4) is 0 Å². The molecule has 1 aromatic rings. The Balaban J connectivity index is 2.34. The van der Waals surface area contributed by atoms with E-state index in [4.69, 9.17) is 9.52 Å². The number of rotatable bonds is 6. The minimum absolute atomic E-state index is 0.147. The molecule has 2 N–H and O–H groups in total. The van der Waals surface area contributed by atoms with E-state index in [9.17, 15) is 0 Å². The van der Waals surface area contributed by atoms with E-state index in [1.807, 2.05) is 12.1 Å². The van der Waals surface area contributed by atoms with Gasteiger partial charge in [-0.3, -0.25) is 0 Å². The maximum atomic E-state index is 9.16. The average molecular weight is 276 g/mol. The molecule has 0 aliphatic rings. The van der Waals surface area contributed by atoms with Gasteiger partial charge in [-0.2, -0.15) is 0 Å². The smallest absolute Gasteiger partial charge is 0.169 e. The van der Waals surface area contributed by atoms with Gasteiger partial charge in [0.15, 0.2) is 4.67 Å². The molecule has 0 aromatic carbocycles. The first-order valence-electron chi connectivity index (χ1n) is 5.20. The van der Waals surface area contributed by atoms with Gasteiger partial charge in [0.2, 0.25) is 0 Å². The van der Waals surface area contributed by atoms with Crippen LogP contribution in [0, 0.1) is 5.92 Å². The minimum Gasteiger partial charge on any atom is -0.453 e. The molecule has 1 heterocycles. The van der Waals surface area contributed by atoms with Gasteiger partial charge in [0.25, 0.3) is 0 Å². The molecular formula is C11H18BrNO2. The normalized spacial score (nSPS) is 13.4. The Morgan fingerprint density at radius 1 is 1.47 bits per heavy atom. The summed E-state index contributed by atoms with van der Waals surface area (Å²) in [6.07, 6.45) is 0.971. The molecule has 0 spiro atoms. The van der Waals surface area contributed by atoms with Crippen LogP contribution in [0.4, 0.5) is 0 Å². The molecule has 0 amide bonds. The van der Waals surface area contributed by atoms with Crippen LogP contribution in [-0.2, 0) is 6.54 Å². The summed E-state index contributed by atoms with van der Waals surface area (Å²) in [5.74, 6) is 1.46. The first-order valence-corrected chi connectivity index (χ1v) is 5.99. The first-order chi connectivity index (χ1) is 7.11. The predicted octanol–water partition coefficient (Wildman–Crippen LogP) is 2.54. The summed E-state index contributed by atoms with van der Waals surface area (Å²) < 4.78 is 6.10. The maximum absolute atomic E-state index is 9.16. The largest absolute Gasteiger partial charge is 0.453 e. The Morgan fingerprint density at radius 3 is 2.67 bits per heavy atom. The van der Waals surface area contributed by atoms with E-state index in [2.05, 4.69) is 35.1 Å². The molecule has 1 rings (SSSR count). The first kappa shape index (κ1) is 12.7. The standard InChI is InChI=1S/C11H18BrNO2/c1-8(2)5-9(7-14)13-6-10-3-4-11(12)15-10/h3-4,8-9,13-14H,5-7H2,1-2H3. The van der Waals surface area contributed by atoms with Gasteiger partial charge < -0.3 is 14.8 Å². The van der Waals surface area contributed by atoms with Crippen molar-refractivity contribution in [3.63, 3.8) is 0 Å². The van der Waals surface area contributed by atoms with Crippen molar-refractivity contribution in [2.75, 3.05) is 6.61 Å². The third kappa shape index (κ3) is 4.82. The second kappa shape index (κ2) is 6.30. The van der Waals surface area contributed by atoms with Crippen molar-refractivity contribution in [2.45, 2.75) is 32.9 Å². The highest BCUT2D eigenvalue weighted by molar-refractivity contribution is 9.10. The molecule has 1 atom stereocenters. The molecule has 0 aliphatic carbocycles. The van der Waals surface area contributed by atoms with E-state index in [0.29, 0.717) is 12.5 Å². The fraction of sp³-hybridized carbons (Fsp3) is 0.636. The quantitative estimate of drug-likeness (QED) is 0.839. The SMILES string of the molecule is CC(C)CC(CO)NCc1ccc(Br)o1. The highest BCUT2D eigenvalue weighted by atomic mass is 79.9. The zero-order chi connectivity index (χ0) is 11.3. The van der Waals surface area contributed by atoms with Crippen LogP contribution in [0.15, 0.2) is 21.2 Å². The Morgan fingerprint density at radius 2 is 2.20 bits per heavy atom. The van der Waals surface area contributed by atoms with Crippen LogP contribution in [0.5, 0.6) is 0 Å². The van der Waals surface area contributed by atoms with Gasteiger partial charge in [-0.15, -0.1) is 0 Å². The van der Waals surface area contributed by atoms with Crippen LogP contribution in [0.2, 0.25) is 0 Å². The summed E-state index contributed by atoms with van der Waals surface area (Å²) in [7, 11) is 0. The van der Waals surface area contributed by atoms with Gasteiger partial charge in [0.05, 0.1) is 13.2 Å². The molecule has 3 nitrogen and oxygen atoms in total. The Bertz CT molecular complexity index is 286.